The molecule has 2 aromatic rings. The van der Waals surface area contributed by atoms with Gasteiger partial charge >= 0.3 is 0 Å². The first-order valence-electron chi connectivity index (χ1n) is 5.30. The van der Waals surface area contributed by atoms with E-state index in [-0.39, 0.29) is 6.04 Å². The summed E-state index contributed by atoms with van der Waals surface area (Å²) in [4.78, 5) is 12.1. The number of aromatic nitrogens is 3. The number of rotatable bonds is 4. The molecule has 0 radical (unpaired) electrons. The van der Waals surface area contributed by atoms with Gasteiger partial charge in [-0.05, 0) is 17.7 Å². The van der Waals surface area contributed by atoms with Crippen molar-refractivity contribution < 1.29 is 4.74 Å². The van der Waals surface area contributed by atoms with Crippen LogP contribution in [-0.2, 0) is 6.42 Å². The summed E-state index contributed by atoms with van der Waals surface area (Å²) in [6.07, 6.45) is 5.59. The van der Waals surface area contributed by atoms with Gasteiger partial charge in [0.15, 0.2) is 0 Å². The van der Waals surface area contributed by atoms with Crippen LogP contribution in [0, 0.1) is 0 Å². The summed E-state index contributed by atoms with van der Waals surface area (Å²) < 4.78 is 5.04. The molecule has 0 amide bonds. The lowest BCUT2D eigenvalue weighted by molar-refractivity contribution is 0.395. The van der Waals surface area contributed by atoms with Crippen LogP contribution in [0.4, 0.5) is 0 Å². The van der Waals surface area contributed by atoms with Gasteiger partial charge in [-0.25, -0.2) is 9.97 Å². The van der Waals surface area contributed by atoms with Crippen LogP contribution in [0.2, 0.25) is 0 Å². The summed E-state index contributed by atoms with van der Waals surface area (Å²) in [6.45, 7) is 0. The largest absolute Gasteiger partial charge is 0.481 e. The summed E-state index contributed by atoms with van der Waals surface area (Å²) in [5.41, 5.74) is 7.99. The zero-order chi connectivity index (χ0) is 12.1. The van der Waals surface area contributed by atoms with Gasteiger partial charge in [0, 0.05) is 36.6 Å². The quantitative estimate of drug-likeness (QED) is 0.852. The molecule has 0 bridgehead atoms. The number of hydrogen-bond donors (Lipinski definition) is 1. The number of nitrogens with zero attached hydrogens (tertiary/aromatic N) is 3. The second-order valence-corrected chi connectivity index (χ2v) is 3.64. The molecule has 0 aromatic carbocycles. The minimum absolute atomic E-state index is 0.0994. The van der Waals surface area contributed by atoms with Gasteiger partial charge in [0.25, 0.3) is 0 Å². The first kappa shape index (κ1) is 11.5. The molecule has 0 saturated heterocycles. The molecule has 2 N–H and O–H groups in total. The zero-order valence-corrected chi connectivity index (χ0v) is 9.58. The number of pyridine rings is 1. The van der Waals surface area contributed by atoms with E-state index in [1.165, 1.54) is 6.33 Å². The van der Waals surface area contributed by atoms with Crippen molar-refractivity contribution in [1.82, 2.24) is 15.0 Å². The van der Waals surface area contributed by atoms with E-state index in [2.05, 4.69) is 15.0 Å². The van der Waals surface area contributed by atoms with Crippen LogP contribution in [0.1, 0.15) is 17.3 Å². The van der Waals surface area contributed by atoms with Crippen LogP contribution < -0.4 is 10.5 Å². The Labute approximate surface area is 99.7 Å². The molecule has 2 aromatic heterocycles. The van der Waals surface area contributed by atoms with E-state index in [9.17, 15) is 0 Å². The number of nitrogens with two attached hydrogens (primary N) is 1. The highest BCUT2D eigenvalue weighted by Gasteiger charge is 2.08. The van der Waals surface area contributed by atoms with E-state index in [0.717, 1.165) is 11.3 Å². The van der Waals surface area contributed by atoms with Crippen LogP contribution in [-0.4, -0.2) is 22.1 Å². The van der Waals surface area contributed by atoms with Gasteiger partial charge < -0.3 is 10.5 Å². The Morgan fingerprint density at radius 2 is 2.06 bits per heavy atom. The molecule has 1 atom stereocenters. The highest BCUT2D eigenvalue weighted by molar-refractivity contribution is 5.19. The molecule has 0 aliphatic carbocycles. The van der Waals surface area contributed by atoms with E-state index in [4.69, 9.17) is 10.5 Å². The minimum Gasteiger partial charge on any atom is -0.481 e. The maximum absolute atomic E-state index is 6.09. The Bertz CT molecular complexity index is 475. The Morgan fingerprint density at radius 1 is 1.29 bits per heavy atom. The van der Waals surface area contributed by atoms with Crippen molar-refractivity contribution in [2.24, 2.45) is 5.73 Å². The van der Waals surface area contributed by atoms with E-state index in [0.29, 0.717) is 12.3 Å². The molecule has 17 heavy (non-hydrogen) atoms. The van der Waals surface area contributed by atoms with E-state index >= 15 is 0 Å². The highest BCUT2D eigenvalue weighted by atomic mass is 16.5. The summed E-state index contributed by atoms with van der Waals surface area (Å²) in [7, 11) is 1.58. The average molecular weight is 230 g/mol. The molecule has 88 valence electrons. The Kier molecular flexibility index (Phi) is 3.62. The monoisotopic (exact) mass is 230 g/mol. The highest BCUT2D eigenvalue weighted by Crippen LogP contribution is 2.15. The summed E-state index contributed by atoms with van der Waals surface area (Å²) in [6, 6.07) is 5.50. The molecule has 2 rings (SSSR count). The van der Waals surface area contributed by atoms with Crippen molar-refractivity contribution in [1.29, 1.82) is 0 Å². The number of hydrogen-bond acceptors (Lipinski definition) is 5. The van der Waals surface area contributed by atoms with Crippen LogP contribution in [0.15, 0.2) is 36.9 Å². The van der Waals surface area contributed by atoms with Crippen LogP contribution in [0.5, 0.6) is 5.88 Å². The first-order valence-corrected chi connectivity index (χ1v) is 5.30. The summed E-state index contributed by atoms with van der Waals surface area (Å²) in [5, 5.41) is 0. The number of ether oxygens (including phenoxy) is 1. The van der Waals surface area contributed by atoms with Crippen molar-refractivity contribution in [3.05, 3.63) is 48.2 Å². The fourth-order valence-corrected chi connectivity index (χ4v) is 1.55. The van der Waals surface area contributed by atoms with Gasteiger partial charge in [-0.15, -0.1) is 0 Å². The van der Waals surface area contributed by atoms with E-state index in [1.807, 2.05) is 12.1 Å². The van der Waals surface area contributed by atoms with Gasteiger partial charge in [-0.2, -0.15) is 0 Å². The molecular weight excluding hydrogens is 216 g/mol. The van der Waals surface area contributed by atoms with Gasteiger partial charge in [0.1, 0.15) is 6.33 Å². The molecule has 2 heterocycles. The predicted octanol–water partition coefficient (Wildman–Crippen LogP) is 1.12. The fourth-order valence-electron chi connectivity index (χ4n) is 1.55. The van der Waals surface area contributed by atoms with Crippen LogP contribution >= 0.6 is 0 Å². The maximum Gasteiger partial charge on any atom is 0.216 e. The van der Waals surface area contributed by atoms with Gasteiger partial charge in [0.05, 0.1) is 7.11 Å². The van der Waals surface area contributed by atoms with Crippen molar-refractivity contribution in [2.75, 3.05) is 7.11 Å². The molecule has 0 aliphatic heterocycles. The predicted molar refractivity (Wildman–Crippen MR) is 63.5 cm³/mol. The fraction of sp³-hybridized carbons (Fsp3) is 0.250. The lowest BCUT2D eigenvalue weighted by atomic mass is 10.0. The maximum atomic E-state index is 6.09. The number of methoxy groups -OCH3 is 1. The van der Waals surface area contributed by atoms with Gasteiger partial charge in [0.2, 0.25) is 5.88 Å². The zero-order valence-electron chi connectivity index (χ0n) is 9.58. The Morgan fingerprint density at radius 3 is 2.76 bits per heavy atom. The normalized spacial score (nSPS) is 12.1. The Balaban J connectivity index is 2.10. The molecule has 5 heteroatoms. The molecule has 0 fully saturated rings. The SMILES string of the molecule is COc1cc(CC(N)c2ccncc2)ncn1. The van der Waals surface area contributed by atoms with Gasteiger partial charge in [-0.3, -0.25) is 4.98 Å². The lowest BCUT2D eigenvalue weighted by Gasteiger charge is -2.11. The summed E-state index contributed by atoms with van der Waals surface area (Å²) >= 11 is 0. The molecule has 0 spiro atoms. The minimum atomic E-state index is -0.0994. The third-order valence-corrected chi connectivity index (χ3v) is 2.47. The third-order valence-electron chi connectivity index (χ3n) is 2.47. The standard InChI is InChI=1S/C12H14N4O/c1-17-12-7-10(15-8-16-12)6-11(13)9-2-4-14-5-3-9/h2-5,7-8,11H,6,13H2,1H3. The average Bonchev–Trinajstić information content (AvgIpc) is 2.40. The molecule has 5 nitrogen and oxygen atoms in total. The van der Waals surface area contributed by atoms with Crippen molar-refractivity contribution in [2.45, 2.75) is 12.5 Å². The van der Waals surface area contributed by atoms with Crippen molar-refractivity contribution in [3.63, 3.8) is 0 Å². The van der Waals surface area contributed by atoms with Crippen molar-refractivity contribution >= 4 is 0 Å². The van der Waals surface area contributed by atoms with E-state index in [1.54, 1.807) is 25.6 Å². The first-order chi connectivity index (χ1) is 8.29. The molecule has 0 saturated carbocycles. The summed E-state index contributed by atoms with van der Waals surface area (Å²) in [5.74, 6) is 0.553. The van der Waals surface area contributed by atoms with Crippen molar-refractivity contribution in [3.8, 4) is 5.88 Å². The van der Waals surface area contributed by atoms with Crippen LogP contribution in [0.25, 0.3) is 0 Å². The van der Waals surface area contributed by atoms with Gasteiger partial charge in [-0.1, -0.05) is 0 Å². The molecular formula is C12H14N4O. The topological polar surface area (TPSA) is 73.9 Å². The lowest BCUT2D eigenvalue weighted by Crippen LogP contribution is -2.14. The Hall–Kier alpha value is -2.01. The van der Waals surface area contributed by atoms with E-state index < -0.39 is 0 Å². The molecule has 1 unspecified atom stereocenters. The third kappa shape index (κ3) is 2.98. The second kappa shape index (κ2) is 5.36. The molecule has 0 aliphatic rings. The smallest absolute Gasteiger partial charge is 0.216 e. The van der Waals surface area contributed by atoms with Crippen LogP contribution in [0.3, 0.4) is 0 Å². The second-order valence-electron chi connectivity index (χ2n) is 3.64.